The molecule has 0 radical (unpaired) electrons. The third-order valence-electron chi connectivity index (χ3n) is 3.18. The lowest BCUT2D eigenvalue weighted by molar-refractivity contribution is -0.157. The normalized spacial score (nSPS) is 12.3. The molecule has 0 saturated heterocycles. The third-order valence-corrected chi connectivity index (χ3v) is 3.18. The van der Waals surface area contributed by atoms with Gasteiger partial charge in [-0.1, -0.05) is 30.3 Å². The van der Waals surface area contributed by atoms with Crippen molar-refractivity contribution in [1.82, 2.24) is 5.32 Å². The Morgan fingerprint density at radius 3 is 2.12 bits per heavy atom. The first kappa shape index (κ1) is 17.5. The van der Waals surface area contributed by atoms with Crippen LogP contribution in [0.15, 0.2) is 54.6 Å². The van der Waals surface area contributed by atoms with Crippen molar-refractivity contribution in [1.29, 1.82) is 0 Å². The molecule has 0 spiro atoms. The van der Waals surface area contributed by atoms with Gasteiger partial charge in [0.1, 0.15) is 11.4 Å². The van der Waals surface area contributed by atoms with E-state index in [9.17, 15) is 14.7 Å². The van der Waals surface area contributed by atoms with Crippen LogP contribution >= 0.6 is 0 Å². The van der Waals surface area contributed by atoms with E-state index in [1.807, 2.05) is 6.07 Å². The molecule has 1 unspecified atom stereocenters. The largest absolute Gasteiger partial charge is 0.508 e. The van der Waals surface area contributed by atoms with Gasteiger partial charge in [0, 0.05) is 5.56 Å². The summed E-state index contributed by atoms with van der Waals surface area (Å²) in [6.45, 7) is 5.29. The van der Waals surface area contributed by atoms with Crippen LogP contribution in [0.2, 0.25) is 0 Å². The Balaban J connectivity index is 2.27. The molecule has 2 aromatic rings. The SMILES string of the molecule is CC(C)(C)OC(=O)C(NC(=O)c1ccccc1)c1ccc(O)cc1. The summed E-state index contributed by atoms with van der Waals surface area (Å²) in [4.78, 5) is 24.9. The van der Waals surface area contributed by atoms with Gasteiger partial charge in [-0.3, -0.25) is 4.79 Å². The molecule has 126 valence electrons. The standard InChI is InChI=1S/C19H21NO4/c1-19(2,3)24-18(23)16(13-9-11-15(21)12-10-13)20-17(22)14-7-5-4-6-8-14/h4-12,16,21H,1-3H3,(H,20,22). The van der Waals surface area contributed by atoms with Crippen LogP contribution in [-0.4, -0.2) is 22.6 Å². The summed E-state index contributed by atoms with van der Waals surface area (Å²) in [5.41, 5.74) is 0.306. The first-order valence-electron chi connectivity index (χ1n) is 7.64. The van der Waals surface area contributed by atoms with Crippen molar-refractivity contribution in [2.24, 2.45) is 0 Å². The van der Waals surface area contributed by atoms with Crippen LogP contribution in [0.5, 0.6) is 5.75 Å². The molecule has 1 amide bonds. The lowest BCUT2D eigenvalue weighted by Gasteiger charge is -2.25. The van der Waals surface area contributed by atoms with Gasteiger partial charge in [0.2, 0.25) is 0 Å². The summed E-state index contributed by atoms with van der Waals surface area (Å²) in [5.74, 6) is -0.854. The second-order valence-electron chi connectivity index (χ2n) is 6.40. The van der Waals surface area contributed by atoms with Crippen molar-refractivity contribution in [3.63, 3.8) is 0 Å². The molecule has 2 rings (SSSR count). The van der Waals surface area contributed by atoms with Gasteiger partial charge in [-0.25, -0.2) is 4.79 Å². The summed E-state index contributed by atoms with van der Waals surface area (Å²) >= 11 is 0. The van der Waals surface area contributed by atoms with Gasteiger partial charge in [-0.15, -0.1) is 0 Å². The number of carbonyl (C=O) groups is 2. The molecule has 1 atom stereocenters. The highest BCUT2D eigenvalue weighted by molar-refractivity contribution is 5.97. The van der Waals surface area contributed by atoms with E-state index < -0.39 is 17.6 Å². The maximum absolute atomic E-state index is 12.5. The minimum absolute atomic E-state index is 0.0797. The molecule has 2 N–H and O–H groups in total. The summed E-state index contributed by atoms with van der Waals surface area (Å²) in [6.07, 6.45) is 0. The van der Waals surface area contributed by atoms with E-state index in [1.165, 1.54) is 12.1 Å². The molecule has 0 bridgehead atoms. The number of nitrogens with one attached hydrogen (secondary N) is 1. The van der Waals surface area contributed by atoms with E-state index in [-0.39, 0.29) is 11.7 Å². The third kappa shape index (κ3) is 4.84. The quantitative estimate of drug-likeness (QED) is 0.846. The fraction of sp³-hybridized carbons (Fsp3) is 0.263. The monoisotopic (exact) mass is 327 g/mol. The molecule has 0 aliphatic heterocycles. The number of benzene rings is 2. The smallest absolute Gasteiger partial charge is 0.333 e. The summed E-state index contributed by atoms with van der Waals surface area (Å²) in [7, 11) is 0. The number of amides is 1. The number of ether oxygens (including phenoxy) is 1. The number of hydrogen-bond donors (Lipinski definition) is 2. The van der Waals surface area contributed by atoms with Gasteiger partial charge in [0.15, 0.2) is 6.04 Å². The van der Waals surface area contributed by atoms with E-state index in [1.54, 1.807) is 57.2 Å². The Bertz CT molecular complexity index is 702. The van der Waals surface area contributed by atoms with Gasteiger partial charge in [-0.2, -0.15) is 0 Å². The van der Waals surface area contributed by atoms with Gasteiger partial charge >= 0.3 is 5.97 Å². The Hall–Kier alpha value is -2.82. The van der Waals surface area contributed by atoms with Crippen LogP contribution in [0.1, 0.15) is 42.7 Å². The van der Waals surface area contributed by atoms with Crippen molar-refractivity contribution in [2.75, 3.05) is 0 Å². The highest BCUT2D eigenvalue weighted by atomic mass is 16.6. The van der Waals surface area contributed by atoms with Gasteiger partial charge in [0.05, 0.1) is 0 Å². The molecule has 0 aliphatic carbocycles. The van der Waals surface area contributed by atoms with Crippen LogP contribution in [0.25, 0.3) is 0 Å². The minimum Gasteiger partial charge on any atom is -0.508 e. The van der Waals surface area contributed by atoms with Crippen molar-refractivity contribution >= 4 is 11.9 Å². The van der Waals surface area contributed by atoms with Crippen molar-refractivity contribution in [3.8, 4) is 5.75 Å². The van der Waals surface area contributed by atoms with Gasteiger partial charge in [-0.05, 0) is 50.6 Å². The lowest BCUT2D eigenvalue weighted by Crippen LogP contribution is -2.38. The number of aromatic hydroxyl groups is 1. The number of hydrogen-bond acceptors (Lipinski definition) is 4. The first-order chi connectivity index (χ1) is 11.3. The van der Waals surface area contributed by atoms with Gasteiger partial charge in [0.25, 0.3) is 5.91 Å². The molecule has 24 heavy (non-hydrogen) atoms. The van der Waals surface area contributed by atoms with Crippen molar-refractivity contribution in [3.05, 3.63) is 65.7 Å². The molecule has 2 aromatic carbocycles. The molecule has 0 saturated carbocycles. The van der Waals surface area contributed by atoms with E-state index in [0.717, 1.165) is 0 Å². The van der Waals surface area contributed by atoms with Crippen LogP contribution in [0, 0.1) is 0 Å². The molecular formula is C19H21NO4. The predicted molar refractivity (Wildman–Crippen MR) is 90.6 cm³/mol. The maximum atomic E-state index is 12.5. The summed E-state index contributed by atoms with van der Waals surface area (Å²) in [6, 6.07) is 13.7. The molecule has 5 nitrogen and oxygen atoms in total. The molecule has 0 aromatic heterocycles. The Morgan fingerprint density at radius 2 is 1.58 bits per heavy atom. The fourth-order valence-electron chi connectivity index (χ4n) is 2.11. The van der Waals surface area contributed by atoms with Crippen LogP contribution in [0.4, 0.5) is 0 Å². The van der Waals surface area contributed by atoms with Crippen LogP contribution in [0.3, 0.4) is 0 Å². The zero-order valence-electron chi connectivity index (χ0n) is 13.9. The fourth-order valence-corrected chi connectivity index (χ4v) is 2.11. The zero-order chi connectivity index (χ0) is 17.7. The highest BCUT2D eigenvalue weighted by Crippen LogP contribution is 2.21. The predicted octanol–water partition coefficient (Wildman–Crippen LogP) is 3.21. The summed E-state index contributed by atoms with van der Waals surface area (Å²) < 4.78 is 5.41. The first-order valence-corrected chi connectivity index (χ1v) is 7.64. The number of phenols is 1. The van der Waals surface area contributed by atoms with Crippen LogP contribution in [-0.2, 0) is 9.53 Å². The molecule has 5 heteroatoms. The average Bonchev–Trinajstić information content (AvgIpc) is 2.52. The Morgan fingerprint density at radius 1 is 1.00 bits per heavy atom. The minimum atomic E-state index is -0.961. The number of rotatable bonds is 4. The topological polar surface area (TPSA) is 75.6 Å². The highest BCUT2D eigenvalue weighted by Gasteiger charge is 2.28. The Kier molecular flexibility index (Phi) is 5.24. The lowest BCUT2D eigenvalue weighted by atomic mass is 10.1. The van der Waals surface area contributed by atoms with E-state index in [4.69, 9.17) is 4.74 Å². The van der Waals surface area contributed by atoms with Crippen molar-refractivity contribution < 1.29 is 19.4 Å². The second-order valence-corrected chi connectivity index (χ2v) is 6.40. The van der Waals surface area contributed by atoms with Gasteiger partial charge < -0.3 is 15.2 Å². The van der Waals surface area contributed by atoms with E-state index >= 15 is 0 Å². The van der Waals surface area contributed by atoms with Crippen molar-refractivity contribution in [2.45, 2.75) is 32.4 Å². The van der Waals surface area contributed by atoms with Crippen LogP contribution < -0.4 is 5.32 Å². The second kappa shape index (κ2) is 7.17. The number of esters is 1. The van der Waals surface area contributed by atoms with E-state index in [0.29, 0.717) is 11.1 Å². The summed E-state index contributed by atoms with van der Waals surface area (Å²) in [5, 5.41) is 12.1. The average molecular weight is 327 g/mol. The Labute approximate surface area is 141 Å². The molecular weight excluding hydrogens is 306 g/mol. The molecule has 0 fully saturated rings. The molecule has 0 heterocycles. The number of phenolic OH excluding ortho intramolecular Hbond substituents is 1. The van der Waals surface area contributed by atoms with E-state index in [2.05, 4.69) is 5.32 Å². The maximum Gasteiger partial charge on any atom is 0.333 e. The zero-order valence-corrected chi connectivity index (χ0v) is 13.9. The molecule has 0 aliphatic rings. The number of carbonyl (C=O) groups excluding carboxylic acids is 2.